The molecule has 4 rings (SSSR count). The highest BCUT2D eigenvalue weighted by atomic mass is 16.5. The highest BCUT2D eigenvalue weighted by Gasteiger charge is 2.51. The van der Waals surface area contributed by atoms with Crippen LogP contribution < -0.4 is 10.1 Å². The van der Waals surface area contributed by atoms with Gasteiger partial charge in [0.05, 0.1) is 5.92 Å². The summed E-state index contributed by atoms with van der Waals surface area (Å²) in [7, 11) is 0. The van der Waals surface area contributed by atoms with Gasteiger partial charge < -0.3 is 15.2 Å². The Kier molecular flexibility index (Phi) is 5.91. The first-order valence-corrected chi connectivity index (χ1v) is 11.9. The van der Waals surface area contributed by atoms with Crippen LogP contribution in [0.4, 0.5) is 0 Å². The van der Waals surface area contributed by atoms with Gasteiger partial charge in [-0.05, 0) is 79.2 Å². The molecule has 3 aliphatic rings. The lowest BCUT2D eigenvalue weighted by Gasteiger charge is -2.56. The van der Waals surface area contributed by atoms with Crippen LogP contribution in [0.25, 0.3) is 0 Å². The zero-order chi connectivity index (χ0) is 21.5. The molecule has 4 nitrogen and oxygen atoms in total. The molecule has 1 aromatic rings. The van der Waals surface area contributed by atoms with E-state index in [1.165, 1.54) is 43.2 Å². The number of fused-ring (bicyclic) bond motifs is 1. The summed E-state index contributed by atoms with van der Waals surface area (Å²) in [5, 5.41) is 13.6. The molecule has 2 fully saturated rings. The molecule has 0 radical (unpaired) electrons. The van der Waals surface area contributed by atoms with Crippen molar-refractivity contribution in [3.63, 3.8) is 0 Å². The summed E-state index contributed by atoms with van der Waals surface area (Å²) in [6.07, 6.45) is 8.48. The van der Waals surface area contributed by atoms with Gasteiger partial charge >= 0.3 is 5.97 Å². The number of benzene rings is 1. The first-order chi connectivity index (χ1) is 14.2. The first-order valence-electron chi connectivity index (χ1n) is 11.9. The molecule has 30 heavy (non-hydrogen) atoms. The first kappa shape index (κ1) is 21.7. The second kappa shape index (κ2) is 8.18. The van der Waals surface area contributed by atoms with Gasteiger partial charge in [-0.15, -0.1) is 0 Å². The van der Waals surface area contributed by atoms with Crippen molar-refractivity contribution in [3.8, 4) is 5.75 Å². The second-order valence-corrected chi connectivity index (χ2v) is 11.3. The van der Waals surface area contributed by atoms with Crippen LogP contribution in [0.2, 0.25) is 0 Å². The van der Waals surface area contributed by atoms with Gasteiger partial charge in [-0.2, -0.15) is 0 Å². The van der Waals surface area contributed by atoms with Crippen molar-refractivity contribution in [1.29, 1.82) is 0 Å². The molecule has 4 heteroatoms. The van der Waals surface area contributed by atoms with Crippen molar-refractivity contribution in [2.75, 3.05) is 13.2 Å². The van der Waals surface area contributed by atoms with Gasteiger partial charge in [0.2, 0.25) is 0 Å². The van der Waals surface area contributed by atoms with Gasteiger partial charge in [-0.3, -0.25) is 4.79 Å². The Hall–Kier alpha value is -1.55. The molecule has 166 valence electrons. The van der Waals surface area contributed by atoms with Crippen LogP contribution in [0.15, 0.2) is 18.2 Å². The highest BCUT2D eigenvalue weighted by Crippen LogP contribution is 2.54. The Morgan fingerprint density at radius 3 is 2.83 bits per heavy atom. The zero-order valence-electron chi connectivity index (χ0n) is 19.2. The molecule has 2 unspecified atom stereocenters. The number of aliphatic carboxylic acids is 1. The molecule has 1 aliphatic heterocycles. The normalized spacial score (nSPS) is 30.0. The topological polar surface area (TPSA) is 58.6 Å². The van der Waals surface area contributed by atoms with Crippen LogP contribution in [-0.2, 0) is 16.6 Å². The predicted molar refractivity (Wildman–Crippen MR) is 120 cm³/mol. The number of nitrogens with one attached hydrogen (secondary N) is 1. The lowest BCUT2D eigenvalue weighted by Crippen LogP contribution is -2.59. The van der Waals surface area contributed by atoms with Gasteiger partial charge in [0.15, 0.2) is 0 Å². The van der Waals surface area contributed by atoms with E-state index in [-0.39, 0.29) is 17.9 Å². The van der Waals surface area contributed by atoms with Crippen molar-refractivity contribution < 1.29 is 14.6 Å². The molecule has 0 spiro atoms. The number of hydrogen-bond acceptors (Lipinski definition) is 3. The van der Waals surface area contributed by atoms with Crippen LogP contribution in [0.1, 0.15) is 77.3 Å². The minimum atomic E-state index is -0.753. The molecule has 2 bridgehead atoms. The molecule has 0 amide bonds. The highest BCUT2D eigenvalue weighted by molar-refractivity contribution is 5.70. The molecule has 1 heterocycles. The molecule has 2 aliphatic carbocycles. The number of hydrogen-bond donors (Lipinski definition) is 2. The van der Waals surface area contributed by atoms with E-state index in [4.69, 9.17) is 4.74 Å². The van der Waals surface area contributed by atoms with Crippen LogP contribution >= 0.6 is 0 Å². The van der Waals surface area contributed by atoms with E-state index in [0.29, 0.717) is 11.5 Å². The van der Waals surface area contributed by atoms with E-state index in [2.05, 4.69) is 44.3 Å². The monoisotopic (exact) mass is 413 g/mol. The van der Waals surface area contributed by atoms with Gasteiger partial charge in [-0.1, -0.05) is 46.6 Å². The third kappa shape index (κ3) is 4.12. The largest absolute Gasteiger partial charge is 0.493 e. The Morgan fingerprint density at radius 2 is 2.10 bits per heavy atom. The number of piperidine rings is 1. The number of carbonyl (C=O) groups is 1. The fraction of sp³-hybridized carbons (Fsp3) is 0.731. The maximum absolute atomic E-state index is 11.9. The second-order valence-electron chi connectivity index (χ2n) is 11.3. The Balaban J connectivity index is 1.54. The molecule has 1 saturated heterocycles. The van der Waals surface area contributed by atoms with Gasteiger partial charge in [-0.25, -0.2) is 0 Å². The third-order valence-electron chi connectivity index (χ3n) is 7.99. The maximum atomic E-state index is 11.9. The minimum absolute atomic E-state index is 0.0756. The third-order valence-corrected chi connectivity index (χ3v) is 7.99. The van der Waals surface area contributed by atoms with Crippen molar-refractivity contribution in [2.45, 2.75) is 84.1 Å². The smallest absolute Gasteiger partial charge is 0.310 e. The Labute approximate surface area is 181 Å². The van der Waals surface area contributed by atoms with Crippen molar-refractivity contribution in [3.05, 3.63) is 29.3 Å². The van der Waals surface area contributed by atoms with E-state index < -0.39 is 11.9 Å². The minimum Gasteiger partial charge on any atom is -0.493 e. The predicted octanol–water partition coefficient (Wildman–Crippen LogP) is 5.18. The van der Waals surface area contributed by atoms with E-state index >= 15 is 0 Å². The molecule has 5 atom stereocenters. The standard InChI is InChI=1S/C26H39NO3/c1-17(15-25(2,3)4)20(24(28)29)16-30-19-9-8-18-13-23-21-7-5-6-10-26(21,11-12-27-23)22(18)14-19/h8-9,14,17,20-21,23,27H,5-7,10-13,15-16H2,1-4H3,(H,28,29)/t17?,20?,21-,23+,26+/m0/s1. The molecule has 1 aromatic carbocycles. The van der Waals surface area contributed by atoms with E-state index in [1.807, 2.05) is 6.92 Å². The summed E-state index contributed by atoms with van der Waals surface area (Å²) < 4.78 is 6.15. The molecule has 1 saturated carbocycles. The number of rotatable bonds is 6. The van der Waals surface area contributed by atoms with Crippen molar-refractivity contribution in [2.24, 2.45) is 23.2 Å². The average Bonchev–Trinajstić information content (AvgIpc) is 2.67. The summed E-state index contributed by atoms with van der Waals surface area (Å²) >= 11 is 0. The number of carboxylic acids is 1. The zero-order valence-corrected chi connectivity index (χ0v) is 19.2. The fourth-order valence-electron chi connectivity index (χ4n) is 6.77. The summed E-state index contributed by atoms with van der Waals surface area (Å²) in [6.45, 7) is 9.89. The molecule has 0 aromatic heterocycles. The van der Waals surface area contributed by atoms with Crippen molar-refractivity contribution >= 4 is 5.97 Å². The van der Waals surface area contributed by atoms with Crippen LogP contribution in [-0.4, -0.2) is 30.3 Å². The lowest BCUT2D eigenvalue weighted by molar-refractivity contribution is -0.145. The maximum Gasteiger partial charge on any atom is 0.310 e. The van der Waals surface area contributed by atoms with E-state index in [9.17, 15) is 9.90 Å². The van der Waals surface area contributed by atoms with Gasteiger partial charge in [0.1, 0.15) is 12.4 Å². The fourth-order valence-corrected chi connectivity index (χ4v) is 6.77. The van der Waals surface area contributed by atoms with Gasteiger partial charge in [0, 0.05) is 11.5 Å². The SMILES string of the molecule is CC(CC(C)(C)C)C(COc1ccc2c(c1)[C@@]13CCCC[C@H]1[C@@H](C2)NCC3)C(=O)O. The summed E-state index contributed by atoms with van der Waals surface area (Å²) in [6, 6.07) is 7.18. The quantitative estimate of drug-likeness (QED) is 0.674. The Morgan fingerprint density at radius 1 is 1.30 bits per heavy atom. The molecule has 2 N–H and O–H groups in total. The van der Waals surface area contributed by atoms with Gasteiger partial charge in [0.25, 0.3) is 0 Å². The molecular weight excluding hydrogens is 374 g/mol. The summed E-state index contributed by atoms with van der Waals surface area (Å²) in [5.74, 6) is 0.424. The van der Waals surface area contributed by atoms with Crippen LogP contribution in [0.3, 0.4) is 0 Å². The summed E-state index contributed by atoms with van der Waals surface area (Å²) in [5.41, 5.74) is 3.37. The van der Waals surface area contributed by atoms with Crippen LogP contribution in [0, 0.1) is 23.2 Å². The molecular formula is C26H39NO3. The van der Waals surface area contributed by atoms with E-state index in [1.54, 1.807) is 0 Å². The van der Waals surface area contributed by atoms with E-state index in [0.717, 1.165) is 31.1 Å². The Bertz CT molecular complexity index is 779. The summed E-state index contributed by atoms with van der Waals surface area (Å²) in [4.78, 5) is 11.9. The van der Waals surface area contributed by atoms with Crippen LogP contribution in [0.5, 0.6) is 5.75 Å². The number of carboxylic acid groups (broad SMARTS) is 1. The average molecular weight is 414 g/mol. The number of ether oxygens (including phenoxy) is 1. The lowest BCUT2D eigenvalue weighted by atomic mass is 9.53. The van der Waals surface area contributed by atoms with Crippen molar-refractivity contribution in [1.82, 2.24) is 5.32 Å².